The van der Waals surface area contributed by atoms with Crippen LogP contribution in [0.3, 0.4) is 0 Å². The van der Waals surface area contributed by atoms with Crippen LogP contribution in [0, 0.1) is 23.2 Å². The van der Waals surface area contributed by atoms with Crippen LogP contribution in [0.25, 0.3) is 10.9 Å². The molecule has 3 amide bonds. The molecule has 2 heterocycles. The van der Waals surface area contributed by atoms with Crippen molar-refractivity contribution in [3.63, 3.8) is 0 Å². The average molecular weight is 524 g/mol. The van der Waals surface area contributed by atoms with E-state index in [4.69, 9.17) is 11.6 Å². The number of nitriles is 1. The summed E-state index contributed by atoms with van der Waals surface area (Å²) in [6, 6.07) is 6.51. The Bertz CT molecular complexity index is 1220. The van der Waals surface area contributed by atoms with Crippen molar-refractivity contribution in [1.82, 2.24) is 20.9 Å². The topological polar surface area (TPSA) is 127 Å². The van der Waals surface area contributed by atoms with Gasteiger partial charge in [0.1, 0.15) is 17.8 Å². The van der Waals surface area contributed by atoms with E-state index in [2.05, 4.69) is 15.6 Å². The number of rotatable bonds is 8. The number of hydrogen-bond donors (Lipinski definition) is 4. The number of piperidine rings is 1. The first-order valence-electron chi connectivity index (χ1n) is 11.7. The molecule has 0 radical (unpaired) electrons. The monoisotopic (exact) mass is 523 g/mol. The molecule has 3 atom stereocenters. The van der Waals surface area contributed by atoms with Crippen LogP contribution in [0.4, 0.5) is 13.2 Å². The number of para-hydroxylation sites is 1. The average Bonchev–Trinajstić information content (AvgIpc) is 3.53. The minimum Gasteiger partial charge on any atom is -0.356 e. The van der Waals surface area contributed by atoms with Crippen LogP contribution in [-0.4, -0.2) is 47.0 Å². The molecule has 1 aliphatic heterocycles. The summed E-state index contributed by atoms with van der Waals surface area (Å²) in [5.41, 5.74) is -2.67. The Kier molecular flexibility index (Phi) is 7.18. The Labute approximate surface area is 209 Å². The molecule has 8 nitrogen and oxygen atoms in total. The van der Waals surface area contributed by atoms with Crippen molar-refractivity contribution in [3.05, 3.63) is 35.0 Å². The lowest BCUT2D eigenvalue weighted by Gasteiger charge is -2.35. The van der Waals surface area contributed by atoms with Gasteiger partial charge in [0.25, 0.3) is 5.91 Å². The van der Waals surface area contributed by atoms with Crippen LogP contribution in [0.2, 0.25) is 5.02 Å². The lowest BCUT2D eigenvalue weighted by atomic mass is 9.83. The van der Waals surface area contributed by atoms with E-state index in [1.807, 2.05) is 5.32 Å². The number of aromatic amines is 1. The van der Waals surface area contributed by atoms with Gasteiger partial charge in [-0.25, -0.2) is 0 Å². The molecule has 1 saturated carbocycles. The molecular formula is C24H25ClF3N5O3. The summed E-state index contributed by atoms with van der Waals surface area (Å²) in [6.07, 6.45) is -3.71. The maximum atomic E-state index is 14.2. The van der Waals surface area contributed by atoms with E-state index in [1.165, 1.54) is 12.1 Å². The molecule has 1 saturated heterocycles. The van der Waals surface area contributed by atoms with Crippen LogP contribution in [0.15, 0.2) is 24.3 Å². The number of alkyl halides is 3. The second-order valence-corrected chi connectivity index (χ2v) is 9.84. The fourth-order valence-electron chi connectivity index (χ4n) is 4.47. The van der Waals surface area contributed by atoms with Crippen molar-refractivity contribution in [3.8, 4) is 6.07 Å². The van der Waals surface area contributed by atoms with Gasteiger partial charge in [-0.15, -0.1) is 0 Å². The first-order chi connectivity index (χ1) is 17.0. The summed E-state index contributed by atoms with van der Waals surface area (Å²) in [5, 5.41) is 17.5. The van der Waals surface area contributed by atoms with E-state index in [9.17, 15) is 32.8 Å². The second-order valence-electron chi connectivity index (χ2n) is 9.43. The van der Waals surface area contributed by atoms with E-state index in [-0.39, 0.29) is 24.5 Å². The molecule has 1 aliphatic carbocycles. The minimum atomic E-state index is -5.14. The lowest BCUT2D eigenvalue weighted by molar-refractivity contribution is -0.187. The summed E-state index contributed by atoms with van der Waals surface area (Å²) >= 11 is 6.14. The zero-order valence-electron chi connectivity index (χ0n) is 19.2. The molecular weight excluding hydrogens is 499 g/mol. The van der Waals surface area contributed by atoms with Gasteiger partial charge in [0, 0.05) is 24.3 Å². The highest BCUT2D eigenvalue weighted by Crippen LogP contribution is 2.38. The zero-order valence-corrected chi connectivity index (χ0v) is 19.9. The third-order valence-electron chi connectivity index (χ3n) is 6.70. The second kappa shape index (κ2) is 10.0. The molecule has 2 aromatic rings. The third-order valence-corrected chi connectivity index (χ3v) is 7.02. The van der Waals surface area contributed by atoms with Gasteiger partial charge in [0.05, 0.1) is 10.5 Å². The molecule has 4 rings (SSSR count). The third kappa shape index (κ3) is 5.43. The number of carbonyl (C=O) groups is 3. The SMILES string of the molecule is N#CC(CC1CCCNC1=O)(NC(=O)C(CC1CC1)NC(=O)c1cc2cccc(Cl)c2[nH]1)C(F)(F)F. The van der Waals surface area contributed by atoms with E-state index in [0.717, 1.165) is 12.8 Å². The number of nitrogens with zero attached hydrogens (tertiary/aromatic N) is 1. The van der Waals surface area contributed by atoms with Crippen molar-refractivity contribution >= 4 is 40.2 Å². The molecule has 1 aromatic heterocycles. The number of H-pyrrole nitrogens is 1. The van der Waals surface area contributed by atoms with Crippen LogP contribution >= 0.6 is 11.6 Å². The quantitative estimate of drug-likeness (QED) is 0.422. The zero-order chi connectivity index (χ0) is 26.1. The van der Waals surface area contributed by atoms with E-state index >= 15 is 0 Å². The molecule has 12 heteroatoms. The molecule has 4 N–H and O–H groups in total. The number of carbonyl (C=O) groups excluding carboxylic acids is 3. The molecule has 1 aromatic carbocycles. The summed E-state index contributed by atoms with van der Waals surface area (Å²) in [4.78, 5) is 41.0. The summed E-state index contributed by atoms with van der Waals surface area (Å²) in [7, 11) is 0. The molecule has 192 valence electrons. The first-order valence-corrected chi connectivity index (χ1v) is 12.1. The highest BCUT2D eigenvalue weighted by Gasteiger charge is 2.58. The number of benzene rings is 1. The van der Waals surface area contributed by atoms with Crippen LogP contribution < -0.4 is 16.0 Å². The first kappa shape index (κ1) is 25.8. The molecule has 2 fully saturated rings. The van der Waals surface area contributed by atoms with Crippen LogP contribution in [0.5, 0.6) is 0 Å². The van der Waals surface area contributed by atoms with Crippen molar-refractivity contribution in [1.29, 1.82) is 5.26 Å². The number of nitrogens with one attached hydrogen (secondary N) is 4. The predicted molar refractivity (Wildman–Crippen MR) is 125 cm³/mol. The van der Waals surface area contributed by atoms with Gasteiger partial charge in [-0.2, -0.15) is 18.4 Å². The Morgan fingerprint density at radius 3 is 2.61 bits per heavy atom. The summed E-state index contributed by atoms with van der Waals surface area (Å²) < 4.78 is 42.5. The van der Waals surface area contributed by atoms with Gasteiger partial charge in [0.2, 0.25) is 17.4 Å². The molecule has 0 spiro atoms. The molecule has 3 unspecified atom stereocenters. The van der Waals surface area contributed by atoms with Crippen molar-refractivity contribution in [2.45, 2.75) is 56.3 Å². The number of halogens is 4. The normalized spacial score (nSPS) is 20.6. The lowest BCUT2D eigenvalue weighted by Crippen LogP contribution is -2.63. The maximum Gasteiger partial charge on any atom is 0.425 e. The Morgan fingerprint density at radius 1 is 1.25 bits per heavy atom. The highest BCUT2D eigenvalue weighted by atomic mass is 35.5. The van der Waals surface area contributed by atoms with Crippen molar-refractivity contribution < 1.29 is 27.6 Å². The fourth-order valence-corrected chi connectivity index (χ4v) is 4.70. The summed E-state index contributed by atoms with van der Waals surface area (Å²) in [6.45, 7) is 0.349. The van der Waals surface area contributed by atoms with Crippen molar-refractivity contribution in [2.75, 3.05) is 6.54 Å². The Morgan fingerprint density at radius 2 is 2.00 bits per heavy atom. The van der Waals surface area contributed by atoms with Gasteiger partial charge >= 0.3 is 6.18 Å². The largest absolute Gasteiger partial charge is 0.425 e. The van der Waals surface area contributed by atoms with Gasteiger partial charge in [-0.05, 0) is 37.3 Å². The number of hydrogen-bond acceptors (Lipinski definition) is 4. The Hall–Kier alpha value is -3.26. The van der Waals surface area contributed by atoms with Gasteiger partial charge in [0.15, 0.2) is 0 Å². The molecule has 0 bridgehead atoms. The van der Waals surface area contributed by atoms with E-state index in [0.29, 0.717) is 28.9 Å². The number of aromatic nitrogens is 1. The molecule has 36 heavy (non-hydrogen) atoms. The number of amides is 3. The predicted octanol–water partition coefficient (Wildman–Crippen LogP) is 3.58. The summed E-state index contributed by atoms with van der Waals surface area (Å²) in [5.74, 6) is -3.40. The maximum absolute atomic E-state index is 14.2. The highest BCUT2D eigenvalue weighted by molar-refractivity contribution is 6.35. The fraction of sp³-hybridized carbons (Fsp3) is 0.500. The van der Waals surface area contributed by atoms with Crippen LogP contribution in [0.1, 0.15) is 49.0 Å². The smallest absolute Gasteiger partial charge is 0.356 e. The van der Waals surface area contributed by atoms with Crippen molar-refractivity contribution in [2.24, 2.45) is 11.8 Å². The minimum absolute atomic E-state index is 0.0738. The van der Waals surface area contributed by atoms with E-state index in [1.54, 1.807) is 18.2 Å². The van der Waals surface area contributed by atoms with Gasteiger partial charge < -0.3 is 20.9 Å². The number of fused-ring (bicyclic) bond motifs is 1. The van der Waals surface area contributed by atoms with Gasteiger partial charge in [-0.1, -0.05) is 36.6 Å². The standard InChI is InChI=1S/C24H25ClF3N5O3/c25-16-5-1-3-14-10-18(31-19(14)16)21(35)32-17(9-13-6-7-13)22(36)33-23(12-29,24(26,27)28)11-15-4-2-8-30-20(15)34/h1,3,5,10,13,15,17,31H,2,4,6-9,11H2,(H,30,34)(H,32,35)(H,33,36). The van der Waals surface area contributed by atoms with Crippen LogP contribution in [-0.2, 0) is 9.59 Å². The van der Waals surface area contributed by atoms with Gasteiger partial charge in [-0.3, -0.25) is 14.4 Å². The van der Waals surface area contributed by atoms with E-state index < -0.39 is 47.8 Å². The Balaban J connectivity index is 1.55. The molecule has 2 aliphatic rings.